The molecule has 2 aromatic rings. The number of phenolic OH excluding ortho intramolecular Hbond substituents is 1. The van der Waals surface area contributed by atoms with Gasteiger partial charge >= 0.3 is 0 Å². The van der Waals surface area contributed by atoms with Gasteiger partial charge in [0.05, 0.1) is 31.9 Å². The molecule has 2 aromatic carbocycles. The van der Waals surface area contributed by atoms with Crippen molar-refractivity contribution in [2.45, 2.75) is 0 Å². The number of thiocarbonyl (C=S) groups is 1. The van der Waals surface area contributed by atoms with Gasteiger partial charge in [0, 0.05) is 6.07 Å². The number of amides is 1. The molecule has 0 spiro atoms. The minimum Gasteiger partial charge on any atom is -0.508 e. The summed E-state index contributed by atoms with van der Waals surface area (Å²) in [7, 11) is 4.59. The first-order chi connectivity index (χ1) is 13.0. The third kappa shape index (κ3) is 3.72. The number of nitrogens with zero attached hydrogens (tertiary/aromatic N) is 1. The minimum atomic E-state index is -0.260. The number of anilines is 1. The average molecular weight is 403 g/mol. The van der Waals surface area contributed by atoms with Crippen molar-refractivity contribution in [3.63, 3.8) is 0 Å². The number of benzene rings is 2. The van der Waals surface area contributed by atoms with Gasteiger partial charge in [0.15, 0.2) is 15.8 Å². The third-order valence-electron chi connectivity index (χ3n) is 3.87. The van der Waals surface area contributed by atoms with E-state index in [0.717, 1.165) is 0 Å². The summed E-state index contributed by atoms with van der Waals surface area (Å²) in [6.07, 6.45) is 1.71. The van der Waals surface area contributed by atoms with Crippen LogP contribution in [0, 0.1) is 0 Å². The molecular formula is C19H17NO5S2. The lowest BCUT2D eigenvalue weighted by atomic mass is 10.1. The summed E-state index contributed by atoms with van der Waals surface area (Å²) < 4.78 is 16.4. The first kappa shape index (κ1) is 19.1. The molecule has 1 heterocycles. The molecule has 3 rings (SSSR count). The Balaban J connectivity index is 1.99. The fourth-order valence-corrected chi connectivity index (χ4v) is 3.96. The number of thioether (sulfide) groups is 1. The highest BCUT2D eigenvalue weighted by molar-refractivity contribution is 8.27. The lowest BCUT2D eigenvalue weighted by Gasteiger charge is -2.14. The molecule has 1 amide bonds. The molecule has 1 N–H and O–H groups in total. The molecule has 0 atom stereocenters. The normalized spacial score (nSPS) is 15.4. The monoisotopic (exact) mass is 403 g/mol. The van der Waals surface area contributed by atoms with Crippen LogP contribution < -0.4 is 19.1 Å². The maximum atomic E-state index is 12.8. The second-order valence-corrected chi connectivity index (χ2v) is 7.17. The Bertz CT molecular complexity index is 916. The highest BCUT2D eigenvalue weighted by Gasteiger charge is 2.33. The van der Waals surface area contributed by atoms with E-state index in [9.17, 15) is 9.90 Å². The van der Waals surface area contributed by atoms with Crippen molar-refractivity contribution in [1.29, 1.82) is 0 Å². The number of carbonyl (C=O) groups is 1. The van der Waals surface area contributed by atoms with Crippen molar-refractivity contribution in [3.05, 3.63) is 46.9 Å². The van der Waals surface area contributed by atoms with E-state index in [1.807, 2.05) is 0 Å². The van der Waals surface area contributed by atoms with E-state index < -0.39 is 0 Å². The molecule has 1 saturated heterocycles. The van der Waals surface area contributed by atoms with Crippen molar-refractivity contribution in [2.75, 3.05) is 26.2 Å². The molecule has 0 aliphatic carbocycles. The SMILES string of the molecule is COc1cc(/C=C2\SC(=S)N(c3cccc(O)c3)C2=O)cc(OC)c1OC. The van der Waals surface area contributed by atoms with Crippen LogP contribution in [0.1, 0.15) is 5.56 Å². The van der Waals surface area contributed by atoms with Crippen LogP contribution in [-0.4, -0.2) is 36.7 Å². The molecule has 0 radical (unpaired) electrons. The molecule has 1 aliphatic heterocycles. The van der Waals surface area contributed by atoms with Gasteiger partial charge in [-0.3, -0.25) is 9.69 Å². The molecule has 0 unspecified atom stereocenters. The number of phenols is 1. The van der Waals surface area contributed by atoms with Crippen LogP contribution in [-0.2, 0) is 4.79 Å². The van der Waals surface area contributed by atoms with Crippen molar-refractivity contribution in [2.24, 2.45) is 0 Å². The van der Waals surface area contributed by atoms with E-state index >= 15 is 0 Å². The molecule has 0 bridgehead atoms. The maximum absolute atomic E-state index is 12.8. The minimum absolute atomic E-state index is 0.0650. The van der Waals surface area contributed by atoms with E-state index in [1.54, 1.807) is 30.3 Å². The first-order valence-electron chi connectivity index (χ1n) is 7.85. The number of aromatic hydroxyl groups is 1. The van der Waals surface area contributed by atoms with Crippen LogP contribution in [0.3, 0.4) is 0 Å². The molecule has 27 heavy (non-hydrogen) atoms. The van der Waals surface area contributed by atoms with Crippen LogP contribution in [0.4, 0.5) is 5.69 Å². The summed E-state index contributed by atoms with van der Waals surface area (Å²) in [5.74, 6) is 1.27. The molecule has 6 nitrogen and oxygen atoms in total. The molecule has 0 saturated carbocycles. The number of carbonyl (C=O) groups excluding carboxylic acids is 1. The largest absolute Gasteiger partial charge is 0.508 e. The van der Waals surface area contributed by atoms with Crippen LogP contribution >= 0.6 is 24.0 Å². The Hall–Kier alpha value is -2.71. The zero-order chi connectivity index (χ0) is 19.6. The van der Waals surface area contributed by atoms with E-state index in [4.69, 9.17) is 26.4 Å². The number of methoxy groups -OCH3 is 3. The summed E-state index contributed by atoms with van der Waals surface area (Å²) in [6.45, 7) is 0. The topological polar surface area (TPSA) is 68.2 Å². The average Bonchev–Trinajstić information content (AvgIpc) is 2.94. The summed E-state index contributed by atoms with van der Waals surface area (Å²) in [5, 5.41) is 9.67. The highest BCUT2D eigenvalue weighted by Crippen LogP contribution is 2.41. The van der Waals surface area contributed by atoms with Crippen LogP contribution in [0.5, 0.6) is 23.0 Å². The lowest BCUT2D eigenvalue weighted by molar-refractivity contribution is -0.113. The first-order valence-corrected chi connectivity index (χ1v) is 9.08. The van der Waals surface area contributed by atoms with Crippen LogP contribution in [0.15, 0.2) is 41.3 Å². The van der Waals surface area contributed by atoms with E-state index in [0.29, 0.717) is 37.7 Å². The second-order valence-electron chi connectivity index (χ2n) is 5.50. The third-order valence-corrected chi connectivity index (χ3v) is 5.17. The molecule has 1 aliphatic rings. The van der Waals surface area contributed by atoms with E-state index in [1.165, 1.54) is 50.1 Å². The van der Waals surface area contributed by atoms with Gasteiger partial charge in [-0.2, -0.15) is 0 Å². The van der Waals surface area contributed by atoms with Gasteiger partial charge in [0.25, 0.3) is 5.91 Å². The Morgan fingerprint density at radius 1 is 1.07 bits per heavy atom. The highest BCUT2D eigenvalue weighted by atomic mass is 32.2. The van der Waals surface area contributed by atoms with E-state index in [-0.39, 0.29) is 11.7 Å². The van der Waals surface area contributed by atoms with Gasteiger partial charge in [0.2, 0.25) is 5.75 Å². The smallest absolute Gasteiger partial charge is 0.270 e. The standard InChI is InChI=1S/C19H17NO5S2/c1-23-14-7-11(8-15(24-2)17(14)25-3)9-16-18(22)20(19(26)27-16)12-5-4-6-13(21)10-12/h4-10,21H,1-3H3/b16-9-. The summed E-state index contributed by atoms with van der Waals surface area (Å²) >= 11 is 6.54. The Morgan fingerprint density at radius 3 is 2.30 bits per heavy atom. The van der Waals surface area contributed by atoms with Crippen molar-refractivity contribution in [3.8, 4) is 23.0 Å². The van der Waals surface area contributed by atoms with Crippen molar-refractivity contribution >= 4 is 46.0 Å². The molecular weight excluding hydrogens is 386 g/mol. The summed E-state index contributed by atoms with van der Waals surface area (Å²) in [5.41, 5.74) is 1.23. The van der Waals surface area contributed by atoms with Gasteiger partial charge < -0.3 is 19.3 Å². The fourth-order valence-electron chi connectivity index (χ4n) is 2.66. The number of hydrogen-bond acceptors (Lipinski definition) is 7. The molecule has 1 fully saturated rings. The van der Waals surface area contributed by atoms with E-state index in [2.05, 4.69) is 0 Å². The number of rotatable bonds is 5. The summed E-state index contributed by atoms with van der Waals surface area (Å²) in [4.78, 5) is 14.7. The zero-order valence-electron chi connectivity index (χ0n) is 14.9. The number of ether oxygens (including phenoxy) is 3. The summed E-state index contributed by atoms with van der Waals surface area (Å²) in [6, 6.07) is 9.91. The van der Waals surface area contributed by atoms with Crippen molar-refractivity contribution < 1.29 is 24.1 Å². The second kappa shape index (κ2) is 7.89. The van der Waals surface area contributed by atoms with Gasteiger partial charge in [-0.1, -0.05) is 30.0 Å². The molecule has 0 aromatic heterocycles. The maximum Gasteiger partial charge on any atom is 0.270 e. The molecule has 140 valence electrons. The van der Waals surface area contributed by atoms with Crippen molar-refractivity contribution in [1.82, 2.24) is 0 Å². The fraction of sp³-hybridized carbons (Fsp3) is 0.158. The van der Waals surface area contributed by atoms with Crippen LogP contribution in [0.25, 0.3) is 6.08 Å². The van der Waals surface area contributed by atoms with Gasteiger partial charge in [-0.25, -0.2) is 0 Å². The lowest BCUT2D eigenvalue weighted by Crippen LogP contribution is -2.27. The number of hydrogen-bond donors (Lipinski definition) is 1. The predicted octanol–water partition coefficient (Wildman–Crippen LogP) is 3.82. The molecule has 8 heteroatoms. The predicted molar refractivity (Wildman–Crippen MR) is 110 cm³/mol. The Kier molecular flexibility index (Phi) is 5.57. The van der Waals surface area contributed by atoms with Crippen LogP contribution in [0.2, 0.25) is 0 Å². The Morgan fingerprint density at radius 2 is 1.74 bits per heavy atom. The van der Waals surface area contributed by atoms with Gasteiger partial charge in [-0.15, -0.1) is 0 Å². The van der Waals surface area contributed by atoms with Gasteiger partial charge in [0.1, 0.15) is 5.75 Å². The zero-order valence-corrected chi connectivity index (χ0v) is 16.5. The quantitative estimate of drug-likeness (QED) is 0.601. The van der Waals surface area contributed by atoms with Gasteiger partial charge in [-0.05, 0) is 35.9 Å². The Labute approximate surface area is 166 Å².